The van der Waals surface area contributed by atoms with Gasteiger partial charge in [0.1, 0.15) is 12.3 Å². The summed E-state index contributed by atoms with van der Waals surface area (Å²) < 4.78 is 0. The second-order valence-corrected chi connectivity index (χ2v) is 3.17. The highest BCUT2D eigenvalue weighted by Crippen LogP contribution is 2.14. The van der Waals surface area contributed by atoms with Crippen LogP contribution in [-0.2, 0) is 14.4 Å². The van der Waals surface area contributed by atoms with Crippen molar-refractivity contribution in [1.29, 1.82) is 0 Å². The molecule has 0 aliphatic heterocycles. The Balaban J connectivity index is 2.82. The van der Waals surface area contributed by atoms with Crippen molar-refractivity contribution in [3.05, 3.63) is 11.1 Å². The van der Waals surface area contributed by atoms with E-state index in [1.165, 1.54) is 11.3 Å². The normalized spacial score (nSPS) is 10.9. The van der Waals surface area contributed by atoms with Crippen molar-refractivity contribution in [2.24, 2.45) is 5.16 Å². The van der Waals surface area contributed by atoms with Gasteiger partial charge in [-0.15, -0.1) is 11.3 Å². The summed E-state index contributed by atoms with van der Waals surface area (Å²) >= 11 is 1.20. The first-order chi connectivity index (χ1) is 7.31. The Morgan fingerprint density at radius 2 is 2.53 bits per heavy atom. The van der Waals surface area contributed by atoms with E-state index in [9.17, 15) is 9.59 Å². The summed E-state index contributed by atoms with van der Waals surface area (Å²) in [5.74, 6) is 0. The molecule has 0 aliphatic rings. The highest BCUT2D eigenvalue weighted by molar-refractivity contribution is 7.14. The summed E-state index contributed by atoms with van der Waals surface area (Å²) in [6, 6.07) is 0. The van der Waals surface area contributed by atoms with Gasteiger partial charge in [0.25, 0.3) is 0 Å². The van der Waals surface area contributed by atoms with Gasteiger partial charge in [-0.1, -0.05) is 5.16 Å². The Hall–Kier alpha value is -1.76. The predicted molar refractivity (Wildman–Crippen MR) is 56.0 cm³/mol. The third-order valence-corrected chi connectivity index (χ3v) is 2.13. The van der Waals surface area contributed by atoms with Crippen molar-refractivity contribution in [2.45, 2.75) is 6.92 Å². The maximum absolute atomic E-state index is 10.6. The van der Waals surface area contributed by atoms with Crippen LogP contribution < -0.4 is 5.32 Å². The molecule has 1 aromatic heterocycles. The number of amides is 1. The summed E-state index contributed by atoms with van der Waals surface area (Å²) in [4.78, 5) is 29.5. The Morgan fingerprint density at radius 1 is 1.73 bits per heavy atom. The highest BCUT2D eigenvalue weighted by Gasteiger charge is 2.08. The number of oxime groups is 1. The number of thiazole rings is 1. The van der Waals surface area contributed by atoms with Crippen molar-refractivity contribution in [3.63, 3.8) is 0 Å². The number of hydrogen-bond donors (Lipinski definition) is 1. The molecule has 1 rings (SSSR count). The number of aldehydes is 1. The highest BCUT2D eigenvalue weighted by atomic mass is 32.1. The summed E-state index contributed by atoms with van der Waals surface area (Å²) in [6.45, 7) is 2.13. The molecule has 6 nitrogen and oxygen atoms in total. The van der Waals surface area contributed by atoms with Crippen molar-refractivity contribution < 1.29 is 14.4 Å². The van der Waals surface area contributed by atoms with Gasteiger partial charge in [-0.05, 0) is 6.92 Å². The average Bonchev–Trinajstić information content (AvgIpc) is 2.68. The van der Waals surface area contributed by atoms with Gasteiger partial charge in [-0.3, -0.25) is 9.59 Å². The van der Waals surface area contributed by atoms with Gasteiger partial charge >= 0.3 is 0 Å². The molecule has 0 radical (unpaired) electrons. The molecule has 0 aromatic carbocycles. The fraction of sp³-hybridized carbons (Fsp3) is 0.250. The van der Waals surface area contributed by atoms with Gasteiger partial charge < -0.3 is 10.2 Å². The zero-order chi connectivity index (χ0) is 11.1. The van der Waals surface area contributed by atoms with Crippen LogP contribution in [0.5, 0.6) is 0 Å². The lowest BCUT2D eigenvalue weighted by atomic mass is 10.3. The molecular weight excluding hydrogens is 218 g/mol. The first kappa shape index (κ1) is 11.3. The molecule has 7 heteroatoms. The Morgan fingerprint density at radius 3 is 3.13 bits per heavy atom. The molecule has 0 fully saturated rings. The zero-order valence-corrected chi connectivity index (χ0v) is 8.78. The molecule has 1 N–H and O–H groups in total. The number of nitrogens with zero attached hydrogens (tertiary/aromatic N) is 2. The quantitative estimate of drug-likeness (QED) is 0.439. The van der Waals surface area contributed by atoms with Crippen LogP contribution in [0.3, 0.4) is 0 Å². The molecule has 80 valence electrons. The van der Waals surface area contributed by atoms with Gasteiger partial charge in [-0.25, -0.2) is 4.98 Å². The lowest BCUT2D eigenvalue weighted by molar-refractivity contribution is -0.105. The molecular formula is C8H9N3O3S. The van der Waals surface area contributed by atoms with Crippen LogP contribution in [0.4, 0.5) is 5.13 Å². The third-order valence-electron chi connectivity index (χ3n) is 1.35. The Labute approximate surface area is 90.0 Å². The SMILES string of the molecule is CCO/N=C(\C=O)c1csc(NC=O)n1. The van der Waals surface area contributed by atoms with Crippen LogP contribution in [-0.4, -0.2) is 30.0 Å². The number of anilines is 1. The van der Waals surface area contributed by atoms with Crippen LogP contribution in [0.25, 0.3) is 0 Å². The maximum Gasteiger partial charge on any atom is 0.213 e. The second-order valence-electron chi connectivity index (χ2n) is 2.31. The smallest absolute Gasteiger partial charge is 0.213 e. The van der Waals surface area contributed by atoms with Crippen LogP contribution in [0, 0.1) is 0 Å². The van der Waals surface area contributed by atoms with Gasteiger partial charge in [0, 0.05) is 5.38 Å². The van der Waals surface area contributed by atoms with E-state index >= 15 is 0 Å². The third kappa shape index (κ3) is 3.13. The minimum Gasteiger partial charge on any atom is -0.395 e. The molecule has 0 saturated heterocycles. The van der Waals surface area contributed by atoms with E-state index in [1.54, 1.807) is 12.3 Å². The molecule has 1 heterocycles. The van der Waals surface area contributed by atoms with Crippen LogP contribution in [0.2, 0.25) is 0 Å². The number of rotatable bonds is 6. The molecule has 1 aromatic rings. The summed E-state index contributed by atoms with van der Waals surface area (Å²) in [7, 11) is 0. The Bertz CT molecular complexity index is 375. The van der Waals surface area contributed by atoms with Crippen LogP contribution in [0.15, 0.2) is 10.5 Å². The van der Waals surface area contributed by atoms with Crippen molar-refractivity contribution in [3.8, 4) is 0 Å². The van der Waals surface area contributed by atoms with Gasteiger partial charge in [-0.2, -0.15) is 0 Å². The van der Waals surface area contributed by atoms with E-state index < -0.39 is 0 Å². The number of nitrogens with one attached hydrogen (secondary N) is 1. The Kier molecular flexibility index (Phi) is 4.42. The predicted octanol–water partition coefficient (Wildman–Crippen LogP) is 0.651. The minimum absolute atomic E-state index is 0.104. The standard InChI is InChI=1S/C8H9N3O3S/c1-2-14-11-6(3-12)7-4-15-8(10-7)9-5-13/h3-5H,2H2,1H3,(H,9,10,13)/b11-6+. The molecule has 0 unspecified atom stereocenters. The molecule has 0 saturated carbocycles. The average molecular weight is 227 g/mol. The molecule has 1 amide bonds. The number of carbonyl (C=O) groups excluding carboxylic acids is 2. The van der Waals surface area contributed by atoms with Crippen molar-refractivity contribution >= 4 is 34.9 Å². The lowest BCUT2D eigenvalue weighted by Crippen LogP contribution is -2.04. The molecule has 0 spiro atoms. The monoisotopic (exact) mass is 227 g/mol. The van der Waals surface area contributed by atoms with Gasteiger partial charge in [0.05, 0.1) is 0 Å². The minimum atomic E-state index is 0.104. The first-order valence-corrected chi connectivity index (χ1v) is 5.01. The molecule has 0 aliphatic carbocycles. The number of carbonyl (C=O) groups is 2. The van der Waals surface area contributed by atoms with E-state index in [2.05, 4.69) is 15.5 Å². The van der Waals surface area contributed by atoms with Gasteiger partial charge in [0.15, 0.2) is 17.1 Å². The van der Waals surface area contributed by atoms with E-state index in [4.69, 9.17) is 4.84 Å². The summed E-state index contributed by atoms with van der Waals surface area (Å²) in [5.41, 5.74) is 0.486. The molecule has 0 bridgehead atoms. The van der Waals surface area contributed by atoms with E-state index in [-0.39, 0.29) is 5.71 Å². The first-order valence-electron chi connectivity index (χ1n) is 4.13. The number of aromatic nitrogens is 1. The maximum atomic E-state index is 10.6. The molecule has 0 atom stereocenters. The zero-order valence-electron chi connectivity index (χ0n) is 7.97. The lowest BCUT2D eigenvalue weighted by Gasteiger charge is -1.94. The number of hydrogen-bond acceptors (Lipinski definition) is 6. The fourth-order valence-corrected chi connectivity index (χ4v) is 1.43. The molecule has 15 heavy (non-hydrogen) atoms. The van der Waals surface area contributed by atoms with E-state index in [1.807, 2.05) is 0 Å². The topological polar surface area (TPSA) is 80.6 Å². The van der Waals surface area contributed by atoms with Crippen molar-refractivity contribution in [1.82, 2.24) is 4.98 Å². The van der Waals surface area contributed by atoms with Gasteiger partial charge in [0.2, 0.25) is 6.41 Å². The van der Waals surface area contributed by atoms with E-state index in [0.29, 0.717) is 30.1 Å². The fourth-order valence-electron chi connectivity index (χ4n) is 0.771. The largest absolute Gasteiger partial charge is 0.395 e. The summed E-state index contributed by atoms with van der Waals surface area (Å²) in [5, 5.41) is 7.98. The van der Waals surface area contributed by atoms with Crippen LogP contribution >= 0.6 is 11.3 Å². The van der Waals surface area contributed by atoms with E-state index in [0.717, 1.165) is 0 Å². The van der Waals surface area contributed by atoms with Crippen LogP contribution in [0.1, 0.15) is 12.6 Å². The second kappa shape index (κ2) is 5.86. The summed E-state index contributed by atoms with van der Waals surface area (Å²) in [6.07, 6.45) is 1.07. The van der Waals surface area contributed by atoms with Crippen molar-refractivity contribution in [2.75, 3.05) is 11.9 Å².